The van der Waals surface area contributed by atoms with Crippen LogP contribution in [0.15, 0.2) is 12.4 Å². The molecular formula is C10H13F2N3O. The van der Waals surface area contributed by atoms with Crippen molar-refractivity contribution < 1.29 is 13.5 Å². The Labute approximate surface area is 91.8 Å². The van der Waals surface area contributed by atoms with Gasteiger partial charge in [0.05, 0.1) is 6.61 Å². The summed E-state index contributed by atoms with van der Waals surface area (Å²) in [6, 6.07) is 0. The van der Waals surface area contributed by atoms with Crippen molar-refractivity contribution >= 4 is 0 Å². The number of aromatic nitrogens is 2. The van der Waals surface area contributed by atoms with Crippen molar-refractivity contribution in [3.05, 3.63) is 18.1 Å². The van der Waals surface area contributed by atoms with Crippen molar-refractivity contribution in [2.45, 2.75) is 25.3 Å². The SMILES string of the molecule is NCc1nccnc1OCC1CC(F)(F)C1. The second-order valence-corrected chi connectivity index (χ2v) is 3.95. The van der Waals surface area contributed by atoms with E-state index in [9.17, 15) is 8.78 Å². The summed E-state index contributed by atoms with van der Waals surface area (Å²) in [7, 11) is 0. The molecule has 0 saturated heterocycles. The number of hydrogen-bond donors (Lipinski definition) is 1. The van der Waals surface area contributed by atoms with Gasteiger partial charge in [0.15, 0.2) is 0 Å². The Balaban J connectivity index is 1.86. The highest BCUT2D eigenvalue weighted by Crippen LogP contribution is 2.42. The van der Waals surface area contributed by atoms with Gasteiger partial charge < -0.3 is 10.5 Å². The summed E-state index contributed by atoms with van der Waals surface area (Å²) in [6.45, 7) is 0.477. The van der Waals surface area contributed by atoms with E-state index in [0.29, 0.717) is 11.6 Å². The second kappa shape index (κ2) is 4.29. The lowest BCUT2D eigenvalue weighted by atomic mass is 9.82. The Kier molecular flexibility index (Phi) is 3.00. The molecular weight excluding hydrogens is 216 g/mol. The average Bonchev–Trinajstić information content (AvgIpc) is 2.23. The lowest BCUT2D eigenvalue weighted by molar-refractivity contribution is -0.119. The molecule has 0 bridgehead atoms. The van der Waals surface area contributed by atoms with E-state index in [1.54, 1.807) is 0 Å². The molecule has 1 saturated carbocycles. The van der Waals surface area contributed by atoms with Crippen LogP contribution in [0, 0.1) is 5.92 Å². The molecule has 16 heavy (non-hydrogen) atoms. The van der Waals surface area contributed by atoms with Crippen molar-refractivity contribution in [3.8, 4) is 5.88 Å². The molecule has 88 valence electrons. The summed E-state index contributed by atoms with van der Waals surface area (Å²) in [5.41, 5.74) is 5.99. The smallest absolute Gasteiger partial charge is 0.248 e. The minimum absolute atomic E-state index is 0.0948. The van der Waals surface area contributed by atoms with Gasteiger partial charge in [-0.2, -0.15) is 0 Å². The molecule has 0 aromatic carbocycles. The minimum atomic E-state index is -2.51. The first-order chi connectivity index (χ1) is 7.61. The first-order valence-corrected chi connectivity index (χ1v) is 5.11. The third-order valence-electron chi connectivity index (χ3n) is 2.56. The molecule has 0 atom stereocenters. The maximum Gasteiger partial charge on any atom is 0.248 e. The van der Waals surface area contributed by atoms with Crippen LogP contribution in [0.3, 0.4) is 0 Å². The molecule has 2 rings (SSSR count). The van der Waals surface area contributed by atoms with Gasteiger partial charge in [-0.25, -0.2) is 13.8 Å². The maximum atomic E-state index is 12.6. The van der Waals surface area contributed by atoms with Gasteiger partial charge in [-0.15, -0.1) is 0 Å². The molecule has 2 N–H and O–H groups in total. The predicted molar refractivity (Wildman–Crippen MR) is 53.1 cm³/mol. The van der Waals surface area contributed by atoms with Crippen LogP contribution in [-0.2, 0) is 6.54 Å². The van der Waals surface area contributed by atoms with Crippen molar-refractivity contribution in [3.63, 3.8) is 0 Å². The summed E-state index contributed by atoms with van der Waals surface area (Å²) in [5.74, 6) is -2.25. The van der Waals surface area contributed by atoms with Crippen LogP contribution in [0.25, 0.3) is 0 Å². The number of halogens is 2. The Hall–Kier alpha value is -1.30. The van der Waals surface area contributed by atoms with Gasteiger partial charge in [-0.1, -0.05) is 0 Å². The second-order valence-electron chi connectivity index (χ2n) is 3.95. The van der Waals surface area contributed by atoms with Crippen LogP contribution in [0.5, 0.6) is 5.88 Å². The summed E-state index contributed by atoms with van der Waals surface area (Å²) in [6.07, 6.45) is 2.80. The minimum Gasteiger partial charge on any atom is -0.476 e. The Morgan fingerprint density at radius 2 is 2.06 bits per heavy atom. The van der Waals surface area contributed by atoms with E-state index in [4.69, 9.17) is 10.5 Å². The fourth-order valence-electron chi connectivity index (χ4n) is 1.71. The number of alkyl halides is 2. The van der Waals surface area contributed by atoms with Crippen molar-refractivity contribution in [1.82, 2.24) is 9.97 Å². The first-order valence-electron chi connectivity index (χ1n) is 5.11. The molecule has 0 unspecified atom stereocenters. The highest BCUT2D eigenvalue weighted by Gasteiger charge is 2.45. The molecule has 1 fully saturated rings. The first kappa shape index (κ1) is 11.2. The number of nitrogens with zero attached hydrogens (tertiary/aromatic N) is 2. The lowest BCUT2D eigenvalue weighted by Gasteiger charge is -2.34. The molecule has 0 amide bonds. The Morgan fingerprint density at radius 1 is 1.38 bits per heavy atom. The van der Waals surface area contributed by atoms with E-state index in [1.807, 2.05) is 0 Å². The van der Waals surface area contributed by atoms with Gasteiger partial charge in [-0.05, 0) is 0 Å². The number of ether oxygens (including phenoxy) is 1. The number of nitrogens with two attached hydrogens (primary N) is 1. The largest absolute Gasteiger partial charge is 0.476 e. The average molecular weight is 229 g/mol. The van der Waals surface area contributed by atoms with E-state index in [0.717, 1.165) is 0 Å². The third kappa shape index (κ3) is 2.44. The van der Waals surface area contributed by atoms with Crippen LogP contribution in [-0.4, -0.2) is 22.5 Å². The van der Waals surface area contributed by atoms with Gasteiger partial charge in [0.25, 0.3) is 0 Å². The lowest BCUT2D eigenvalue weighted by Crippen LogP contribution is -2.38. The highest BCUT2D eigenvalue weighted by molar-refractivity contribution is 5.16. The van der Waals surface area contributed by atoms with E-state index >= 15 is 0 Å². The van der Waals surface area contributed by atoms with Crippen LogP contribution >= 0.6 is 0 Å². The topological polar surface area (TPSA) is 61.0 Å². The Morgan fingerprint density at radius 3 is 2.69 bits per heavy atom. The van der Waals surface area contributed by atoms with Crippen molar-refractivity contribution in [1.29, 1.82) is 0 Å². The fourth-order valence-corrected chi connectivity index (χ4v) is 1.71. The van der Waals surface area contributed by atoms with Crippen LogP contribution in [0.1, 0.15) is 18.5 Å². The zero-order valence-corrected chi connectivity index (χ0v) is 8.70. The van der Waals surface area contributed by atoms with Crippen LogP contribution in [0.2, 0.25) is 0 Å². The standard InChI is InChI=1S/C10H13F2N3O/c11-10(12)3-7(4-10)6-16-9-8(5-13)14-1-2-15-9/h1-2,7H,3-6,13H2. The molecule has 0 radical (unpaired) electrons. The third-order valence-corrected chi connectivity index (χ3v) is 2.56. The molecule has 1 heterocycles. The number of hydrogen-bond acceptors (Lipinski definition) is 4. The molecule has 0 aliphatic heterocycles. The monoisotopic (exact) mass is 229 g/mol. The highest BCUT2D eigenvalue weighted by atomic mass is 19.3. The number of rotatable bonds is 4. The fraction of sp³-hybridized carbons (Fsp3) is 0.600. The van der Waals surface area contributed by atoms with Gasteiger partial charge >= 0.3 is 0 Å². The van der Waals surface area contributed by atoms with E-state index in [2.05, 4.69) is 9.97 Å². The van der Waals surface area contributed by atoms with Crippen LogP contribution in [0.4, 0.5) is 8.78 Å². The summed E-state index contributed by atoms with van der Waals surface area (Å²) in [5, 5.41) is 0. The molecule has 1 aliphatic rings. The van der Waals surface area contributed by atoms with Gasteiger partial charge in [-0.3, -0.25) is 4.98 Å². The summed E-state index contributed by atoms with van der Waals surface area (Å²) >= 11 is 0. The molecule has 1 aromatic heterocycles. The molecule has 0 spiro atoms. The predicted octanol–water partition coefficient (Wildman–Crippen LogP) is 1.36. The van der Waals surface area contributed by atoms with Crippen LogP contribution < -0.4 is 10.5 Å². The quantitative estimate of drug-likeness (QED) is 0.846. The van der Waals surface area contributed by atoms with Crippen molar-refractivity contribution in [2.75, 3.05) is 6.61 Å². The summed E-state index contributed by atoms with van der Waals surface area (Å²) < 4.78 is 30.5. The van der Waals surface area contributed by atoms with Gasteiger partial charge in [0.1, 0.15) is 5.69 Å². The van der Waals surface area contributed by atoms with Crippen molar-refractivity contribution in [2.24, 2.45) is 11.7 Å². The van der Waals surface area contributed by atoms with E-state index in [1.165, 1.54) is 12.4 Å². The van der Waals surface area contributed by atoms with E-state index in [-0.39, 0.29) is 31.9 Å². The maximum absolute atomic E-state index is 12.6. The summed E-state index contributed by atoms with van der Waals surface area (Å²) in [4.78, 5) is 7.95. The van der Waals surface area contributed by atoms with Gasteiger partial charge in [0.2, 0.25) is 11.8 Å². The zero-order chi connectivity index (χ0) is 11.6. The van der Waals surface area contributed by atoms with E-state index < -0.39 is 5.92 Å². The Bertz CT molecular complexity index is 365. The molecule has 6 heteroatoms. The normalized spacial score (nSPS) is 19.2. The molecule has 1 aliphatic carbocycles. The van der Waals surface area contributed by atoms with Gasteiger partial charge in [0, 0.05) is 37.7 Å². The molecule has 4 nitrogen and oxygen atoms in total. The molecule has 1 aromatic rings. The zero-order valence-electron chi connectivity index (χ0n) is 8.70.